The Labute approximate surface area is 93.2 Å². The van der Waals surface area contributed by atoms with E-state index in [4.69, 9.17) is 4.74 Å². The standard InChI is InChI=1S/C10H15N3OS/c1-2-7(1)9-12-10(15-13-9)11-8-3-5-14-6-4-8/h7-8H,1-6H2,(H,11,12,13). The van der Waals surface area contributed by atoms with Crippen LogP contribution in [-0.2, 0) is 4.74 Å². The number of aromatic nitrogens is 2. The average molecular weight is 225 g/mol. The van der Waals surface area contributed by atoms with Gasteiger partial charge in [-0.25, -0.2) is 4.98 Å². The zero-order valence-corrected chi connectivity index (χ0v) is 9.42. The number of nitrogens with zero attached hydrogens (tertiary/aromatic N) is 2. The van der Waals surface area contributed by atoms with Gasteiger partial charge in [0.25, 0.3) is 0 Å². The molecule has 0 unspecified atom stereocenters. The Hall–Kier alpha value is -0.680. The third-order valence-corrected chi connectivity index (χ3v) is 3.59. The first-order chi connectivity index (χ1) is 7.42. The second-order valence-electron chi connectivity index (χ2n) is 4.26. The Balaban J connectivity index is 1.60. The summed E-state index contributed by atoms with van der Waals surface area (Å²) in [5.41, 5.74) is 0. The fourth-order valence-corrected chi connectivity index (χ4v) is 2.54. The summed E-state index contributed by atoms with van der Waals surface area (Å²) in [6.45, 7) is 1.73. The van der Waals surface area contributed by atoms with Crippen LogP contribution in [0, 0.1) is 0 Å². The summed E-state index contributed by atoms with van der Waals surface area (Å²) in [4.78, 5) is 4.52. The third kappa shape index (κ3) is 2.29. The summed E-state index contributed by atoms with van der Waals surface area (Å²) < 4.78 is 9.70. The fourth-order valence-electron chi connectivity index (χ4n) is 1.82. The second-order valence-corrected chi connectivity index (χ2v) is 5.01. The lowest BCUT2D eigenvalue weighted by molar-refractivity contribution is 0.0904. The predicted octanol–water partition coefficient (Wildman–Crippen LogP) is 2.01. The van der Waals surface area contributed by atoms with Crippen molar-refractivity contribution in [2.75, 3.05) is 18.5 Å². The van der Waals surface area contributed by atoms with Crippen LogP contribution >= 0.6 is 11.5 Å². The summed E-state index contributed by atoms with van der Waals surface area (Å²) in [6.07, 6.45) is 4.71. The minimum atomic E-state index is 0.527. The van der Waals surface area contributed by atoms with Crippen LogP contribution in [0.5, 0.6) is 0 Å². The largest absolute Gasteiger partial charge is 0.381 e. The van der Waals surface area contributed by atoms with Gasteiger partial charge in [0.05, 0.1) is 0 Å². The molecule has 0 aromatic carbocycles. The Morgan fingerprint density at radius 2 is 2.00 bits per heavy atom. The number of nitrogens with one attached hydrogen (secondary N) is 1. The molecule has 5 heteroatoms. The lowest BCUT2D eigenvalue weighted by atomic mass is 10.1. The highest BCUT2D eigenvalue weighted by Gasteiger charge is 2.28. The maximum absolute atomic E-state index is 5.32. The summed E-state index contributed by atoms with van der Waals surface area (Å²) in [6, 6.07) is 0.527. The Bertz CT molecular complexity index is 331. The van der Waals surface area contributed by atoms with Gasteiger partial charge in [-0.1, -0.05) is 0 Å². The Morgan fingerprint density at radius 3 is 2.73 bits per heavy atom. The molecule has 82 valence electrons. The highest BCUT2D eigenvalue weighted by Crippen LogP contribution is 2.39. The van der Waals surface area contributed by atoms with Crippen molar-refractivity contribution in [1.82, 2.24) is 9.36 Å². The van der Waals surface area contributed by atoms with Gasteiger partial charge in [-0.3, -0.25) is 0 Å². The van der Waals surface area contributed by atoms with Crippen molar-refractivity contribution < 1.29 is 4.74 Å². The molecule has 4 nitrogen and oxygen atoms in total. The van der Waals surface area contributed by atoms with Crippen molar-refractivity contribution in [1.29, 1.82) is 0 Å². The highest BCUT2D eigenvalue weighted by atomic mass is 32.1. The highest BCUT2D eigenvalue weighted by molar-refractivity contribution is 7.09. The van der Waals surface area contributed by atoms with E-state index >= 15 is 0 Å². The molecule has 15 heavy (non-hydrogen) atoms. The molecule has 0 radical (unpaired) electrons. The average Bonchev–Trinajstić information content (AvgIpc) is 3.02. The van der Waals surface area contributed by atoms with Gasteiger partial charge < -0.3 is 10.1 Å². The monoisotopic (exact) mass is 225 g/mol. The van der Waals surface area contributed by atoms with Crippen LogP contribution in [0.25, 0.3) is 0 Å². The SMILES string of the molecule is C1CC(Nc2nc(C3CC3)ns2)CCO1. The molecule has 0 amide bonds. The molecule has 2 fully saturated rings. The number of ether oxygens (including phenoxy) is 1. The third-order valence-electron chi connectivity index (χ3n) is 2.93. The van der Waals surface area contributed by atoms with E-state index in [2.05, 4.69) is 14.7 Å². The topological polar surface area (TPSA) is 47.0 Å². The van der Waals surface area contributed by atoms with Crippen molar-refractivity contribution in [2.45, 2.75) is 37.6 Å². The van der Waals surface area contributed by atoms with E-state index < -0.39 is 0 Å². The van der Waals surface area contributed by atoms with E-state index in [1.165, 1.54) is 24.4 Å². The Morgan fingerprint density at radius 1 is 1.20 bits per heavy atom. The molecule has 1 saturated carbocycles. The predicted molar refractivity (Wildman–Crippen MR) is 59.3 cm³/mol. The Kier molecular flexibility index (Phi) is 2.58. The maximum atomic E-state index is 5.32. The summed E-state index contributed by atoms with van der Waals surface area (Å²) in [5.74, 6) is 1.71. The zero-order chi connectivity index (χ0) is 10.1. The van der Waals surface area contributed by atoms with Crippen LogP contribution in [0.4, 0.5) is 5.13 Å². The smallest absolute Gasteiger partial charge is 0.202 e. The zero-order valence-electron chi connectivity index (χ0n) is 8.61. The van der Waals surface area contributed by atoms with Gasteiger partial charge in [-0.15, -0.1) is 0 Å². The van der Waals surface area contributed by atoms with Crippen LogP contribution in [0.15, 0.2) is 0 Å². The van der Waals surface area contributed by atoms with Gasteiger partial charge in [0, 0.05) is 36.7 Å². The quantitative estimate of drug-likeness (QED) is 0.854. The molecular formula is C10H15N3OS. The second kappa shape index (κ2) is 4.06. The molecule has 1 N–H and O–H groups in total. The minimum absolute atomic E-state index is 0.527. The van der Waals surface area contributed by atoms with E-state index in [1.807, 2.05) is 0 Å². The fraction of sp³-hybridized carbons (Fsp3) is 0.800. The van der Waals surface area contributed by atoms with E-state index in [1.54, 1.807) is 0 Å². The molecule has 1 aliphatic heterocycles. The first kappa shape index (κ1) is 9.54. The first-order valence-electron chi connectivity index (χ1n) is 5.60. The van der Waals surface area contributed by atoms with E-state index in [0.717, 1.165) is 37.0 Å². The number of hydrogen-bond donors (Lipinski definition) is 1. The molecule has 2 aliphatic rings. The lowest BCUT2D eigenvalue weighted by Crippen LogP contribution is -2.27. The van der Waals surface area contributed by atoms with Gasteiger partial charge in [0.2, 0.25) is 5.13 Å². The van der Waals surface area contributed by atoms with Crippen LogP contribution in [0.2, 0.25) is 0 Å². The number of anilines is 1. The van der Waals surface area contributed by atoms with Gasteiger partial charge >= 0.3 is 0 Å². The van der Waals surface area contributed by atoms with Crippen LogP contribution in [0.3, 0.4) is 0 Å². The normalized spacial score (nSPS) is 22.9. The summed E-state index contributed by atoms with van der Waals surface area (Å²) in [7, 11) is 0. The van der Waals surface area contributed by atoms with Crippen LogP contribution < -0.4 is 5.32 Å². The summed E-state index contributed by atoms with van der Waals surface area (Å²) in [5, 5.41) is 4.44. The number of hydrogen-bond acceptors (Lipinski definition) is 5. The molecule has 1 saturated heterocycles. The summed E-state index contributed by atoms with van der Waals surface area (Å²) >= 11 is 1.50. The van der Waals surface area contributed by atoms with Gasteiger partial charge in [0.1, 0.15) is 5.82 Å². The van der Waals surface area contributed by atoms with E-state index in [0.29, 0.717) is 12.0 Å². The van der Waals surface area contributed by atoms with Gasteiger partial charge in [-0.05, 0) is 25.7 Å². The molecular weight excluding hydrogens is 210 g/mol. The minimum Gasteiger partial charge on any atom is -0.381 e. The van der Waals surface area contributed by atoms with E-state index in [-0.39, 0.29) is 0 Å². The molecule has 0 bridgehead atoms. The molecule has 0 spiro atoms. The van der Waals surface area contributed by atoms with Gasteiger partial charge in [-0.2, -0.15) is 4.37 Å². The maximum Gasteiger partial charge on any atom is 0.202 e. The molecule has 1 aromatic rings. The molecule has 1 aromatic heterocycles. The van der Waals surface area contributed by atoms with Crippen molar-refractivity contribution in [2.24, 2.45) is 0 Å². The van der Waals surface area contributed by atoms with Crippen LogP contribution in [0.1, 0.15) is 37.4 Å². The number of rotatable bonds is 3. The molecule has 2 heterocycles. The first-order valence-corrected chi connectivity index (χ1v) is 6.37. The van der Waals surface area contributed by atoms with Crippen molar-refractivity contribution in [3.63, 3.8) is 0 Å². The van der Waals surface area contributed by atoms with Crippen molar-refractivity contribution in [3.05, 3.63) is 5.82 Å². The van der Waals surface area contributed by atoms with Crippen molar-refractivity contribution in [3.8, 4) is 0 Å². The van der Waals surface area contributed by atoms with Crippen LogP contribution in [-0.4, -0.2) is 28.6 Å². The van der Waals surface area contributed by atoms with Gasteiger partial charge in [0.15, 0.2) is 0 Å². The lowest BCUT2D eigenvalue weighted by Gasteiger charge is -2.22. The molecule has 0 atom stereocenters. The molecule has 1 aliphatic carbocycles. The van der Waals surface area contributed by atoms with E-state index in [9.17, 15) is 0 Å². The molecule has 3 rings (SSSR count). The van der Waals surface area contributed by atoms with Crippen molar-refractivity contribution >= 4 is 16.7 Å².